The first-order valence-corrected chi connectivity index (χ1v) is 9.79. The molecule has 0 bridgehead atoms. The number of para-hydroxylation sites is 1. The summed E-state index contributed by atoms with van der Waals surface area (Å²) in [4.78, 5) is 2.45. The molecule has 0 saturated carbocycles. The fourth-order valence-corrected chi connectivity index (χ4v) is 4.33. The van der Waals surface area contributed by atoms with E-state index in [1.807, 2.05) is 11.7 Å². The molecule has 1 aromatic carbocycles. The number of anilines is 1. The molecular weight excluding hydrogens is 334 g/mol. The lowest BCUT2D eigenvalue weighted by atomic mass is 9.90. The molecule has 1 atom stereocenters. The zero-order valence-corrected chi connectivity index (χ0v) is 16.2. The van der Waals surface area contributed by atoms with Crippen LogP contribution in [0.1, 0.15) is 37.3 Å². The van der Waals surface area contributed by atoms with Crippen LogP contribution in [0, 0.1) is 0 Å². The van der Waals surface area contributed by atoms with Crippen molar-refractivity contribution in [2.45, 2.75) is 31.6 Å². The molecule has 1 unspecified atom stereocenters. The predicted molar refractivity (Wildman–Crippen MR) is 113 cm³/mol. The summed E-state index contributed by atoms with van der Waals surface area (Å²) in [6.45, 7) is 15.7. The Bertz CT molecular complexity index is 901. The highest BCUT2D eigenvalue weighted by atomic mass is 15.3. The second-order valence-corrected chi connectivity index (χ2v) is 7.77. The molecule has 2 aromatic rings. The van der Waals surface area contributed by atoms with Crippen molar-refractivity contribution in [2.24, 2.45) is 7.05 Å². The fraction of sp³-hybridized carbons (Fsp3) is 0.409. The Labute approximate surface area is 161 Å². The standard InChI is InChI=1S/C22H29N5/c1-15-10-11-18(17(3)23-15)21-19-8-7-9-20(22(19)26(4)25-21)24-16(2)14-27-12-5-6-13-27/h7-9,18,23-24H,1-3,5-6,10-14H2,4H3. The largest absolute Gasteiger partial charge is 0.363 e. The second-order valence-electron chi connectivity index (χ2n) is 7.77. The highest BCUT2D eigenvalue weighted by Crippen LogP contribution is 2.37. The predicted octanol–water partition coefficient (Wildman–Crippen LogP) is 4.09. The number of nitrogens with one attached hydrogen (secondary N) is 2. The zero-order valence-electron chi connectivity index (χ0n) is 16.2. The summed E-state index contributed by atoms with van der Waals surface area (Å²) in [5.74, 6) is 0.210. The van der Waals surface area contributed by atoms with Gasteiger partial charge in [0.25, 0.3) is 0 Å². The van der Waals surface area contributed by atoms with E-state index in [9.17, 15) is 0 Å². The van der Waals surface area contributed by atoms with Gasteiger partial charge in [-0.05, 0) is 44.8 Å². The maximum Gasteiger partial charge on any atom is 0.0916 e. The Balaban J connectivity index is 1.61. The monoisotopic (exact) mass is 363 g/mol. The summed E-state index contributed by atoms with van der Waals surface area (Å²) in [5, 5.41) is 12.9. The number of aryl methyl sites for hydroxylation is 1. The molecule has 2 aliphatic heterocycles. The van der Waals surface area contributed by atoms with Gasteiger partial charge in [-0.15, -0.1) is 0 Å². The topological polar surface area (TPSA) is 45.1 Å². The summed E-state index contributed by atoms with van der Waals surface area (Å²) in [6, 6.07) is 6.36. The average Bonchev–Trinajstić information content (AvgIpc) is 3.24. The number of benzene rings is 1. The van der Waals surface area contributed by atoms with E-state index < -0.39 is 0 Å². The number of allylic oxidation sites excluding steroid dienone is 2. The Kier molecular flexibility index (Phi) is 4.79. The number of hydrogen-bond donors (Lipinski definition) is 2. The quantitative estimate of drug-likeness (QED) is 0.840. The van der Waals surface area contributed by atoms with Gasteiger partial charge in [0.1, 0.15) is 0 Å². The van der Waals surface area contributed by atoms with Crippen LogP contribution >= 0.6 is 0 Å². The number of rotatable bonds is 5. The van der Waals surface area contributed by atoms with Crippen molar-refractivity contribution >= 4 is 16.6 Å². The van der Waals surface area contributed by atoms with E-state index in [1.165, 1.54) is 31.3 Å². The van der Waals surface area contributed by atoms with Crippen LogP contribution in [0.25, 0.3) is 10.9 Å². The van der Waals surface area contributed by atoms with Crippen molar-refractivity contribution in [3.63, 3.8) is 0 Å². The van der Waals surface area contributed by atoms with Gasteiger partial charge in [0.15, 0.2) is 0 Å². The molecule has 2 fully saturated rings. The van der Waals surface area contributed by atoms with E-state index in [4.69, 9.17) is 5.10 Å². The van der Waals surface area contributed by atoms with Crippen molar-refractivity contribution < 1.29 is 0 Å². The zero-order chi connectivity index (χ0) is 19.0. The number of nitrogens with zero attached hydrogens (tertiary/aromatic N) is 3. The smallest absolute Gasteiger partial charge is 0.0916 e. The molecule has 2 saturated heterocycles. The Hall–Kier alpha value is -2.53. The molecule has 2 aliphatic rings. The fourth-order valence-electron chi connectivity index (χ4n) is 4.33. The molecule has 0 radical (unpaired) electrons. The van der Waals surface area contributed by atoms with Gasteiger partial charge >= 0.3 is 0 Å². The third-order valence-electron chi connectivity index (χ3n) is 5.64. The van der Waals surface area contributed by atoms with Crippen molar-refractivity contribution in [2.75, 3.05) is 25.0 Å². The molecule has 5 heteroatoms. The minimum absolute atomic E-state index is 0.210. The third kappa shape index (κ3) is 3.52. The first kappa shape index (κ1) is 17.9. The minimum atomic E-state index is 0.210. The molecule has 142 valence electrons. The lowest BCUT2D eigenvalue weighted by molar-refractivity contribution is 0.370. The number of piperidine rings is 1. The molecule has 0 amide bonds. The van der Waals surface area contributed by atoms with Crippen LogP contribution in [0.2, 0.25) is 0 Å². The summed E-state index contributed by atoms with van der Waals surface area (Å²) < 4.78 is 1.98. The van der Waals surface area contributed by atoms with E-state index in [-0.39, 0.29) is 5.92 Å². The number of hydrogen-bond acceptors (Lipinski definition) is 4. The summed E-state index contributed by atoms with van der Waals surface area (Å²) in [7, 11) is 2.01. The van der Waals surface area contributed by atoms with E-state index in [1.54, 1.807) is 0 Å². The van der Waals surface area contributed by atoms with Crippen LogP contribution in [-0.2, 0) is 7.05 Å². The van der Waals surface area contributed by atoms with E-state index in [0.29, 0.717) is 0 Å². The van der Waals surface area contributed by atoms with Crippen molar-refractivity contribution in [1.29, 1.82) is 0 Å². The molecule has 0 aliphatic carbocycles. The SMILES string of the molecule is C=C1CCC(c2nn(C)c3c(NC(=C)CN4CCCC4)cccc23)C(=C)N1. The maximum absolute atomic E-state index is 4.87. The number of aromatic nitrogens is 2. The van der Waals surface area contributed by atoms with Gasteiger partial charge in [-0.3, -0.25) is 9.58 Å². The summed E-state index contributed by atoms with van der Waals surface area (Å²) in [5.41, 5.74) is 6.34. The van der Waals surface area contributed by atoms with E-state index in [0.717, 1.165) is 53.4 Å². The van der Waals surface area contributed by atoms with Crippen LogP contribution < -0.4 is 10.6 Å². The van der Waals surface area contributed by atoms with Gasteiger partial charge in [-0.2, -0.15) is 5.10 Å². The summed E-state index contributed by atoms with van der Waals surface area (Å²) in [6.07, 6.45) is 4.53. The van der Waals surface area contributed by atoms with Gasteiger partial charge < -0.3 is 10.6 Å². The number of likely N-dealkylation sites (tertiary alicyclic amines) is 1. The number of fused-ring (bicyclic) bond motifs is 1. The molecule has 4 rings (SSSR count). The van der Waals surface area contributed by atoms with E-state index in [2.05, 4.69) is 53.5 Å². The van der Waals surface area contributed by atoms with Crippen LogP contribution in [-0.4, -0.2) is 34.3 Å². The van der Waals surface area contributed by atoms with Crippen LogP contribution in [0.15, 0.2) is 55.0 Å². The molecule has 1 aromatic heterocycles. The average molecular weight is 364 g/mol. The molecule has 0 spiro atoms. The van der Waals surface area contributed by atoms with Gasteiger partial charge in [0.05, 0.1) is 16.9 Å². The van der Waals surface area contributed by atoms with Crippen LogP contribution in [0.5, 0.6) is 0 Å². The molecule has 3 heterocycles. The third-order valence-corrected chi connectivity index (χ3v) is 5.64. The Morgan fingerprint density at radius 3 is 2.81 bits per heavy atom. The Morgan fingerprint density at radius 2 is 2.07 bits per heavy atom. The second kappa shape index (κ2) is 7.24. The highest BCUT2D eigenvalue weighted by molar-refractivity contribution is 5.93. The molecule has 2 N–H and O–H groups in total. The normalized spacial score (nSPS) is 20.9. The molecule has 5 nitrogen and oxygen atoms in total. The van der Waals surface area contributed by atoms with Crippen LogP contribution in [0.3, 0.4) is 0 Å². The molecule has 27 heavy (non-hydrogen) atoms. The van der Waals surface area contributed by atoms with Crippen molar-refractivity contribution in [1.82, 2.24) is 20.0 Å². The highest BCUT2D eigenvalue weighted by Gasteiger charge is 2.26. The van der Waals surface area contributed by atoms with Gasteiger partial charge in [-0.25, -0.2) is 0 Å². The first-order chi connectivity index (χ1) is 13.0. The van der Waals surface area contributed by atoms with E-state index >= 15 is 0 Å². The minimum Gasteiger partial charge on any atom is -0.363 e. The van der Waals surface area contributed by atoms with Gasteiger partial charge in [0, 0.05) is 42.0 Å². The lowest BCUT2D eigenvalue weighted by Gasteiger charge is -2.26. The van der Waals surface area contributed by atoms with Crippen LogP contribution in [0.4, 0.5) is 5.69 Å². The first-order valence-electron chi connectivity index (χ1n) is 9.79. The maximum atomic E-state index is 4.87. The Morgan fingerprint density at radius 1 is 1.30 bits per heavy atom. The van der Waals surface area contributed by atoms with Gasteiger partial charge in [0.2, 0.25) is 0 Å². The van der Waals surface area contributed by atoms with Crippen molar-refractivity contribution in [3.05, 3.63) is 60.7 Å². The van der Waals surface area contributed by atoms with Gasteiger partial charge in [-0.1, -0.05) is 31.9 Å². The van der Waals surface area contributed by atoms with Crippen molar-refractivity contribution in [3.8, 4) is 0 Å². The molecular formula is C22H29N5. The summed E-state index contributed by atoms with van der Waals surface area (Å²) >= 11 is 0. The lowest BCUT2D eigenvalue weighted by Crippen LogP contribution is -2.24.